The van der Waals surface area contributed by atoms with Crippen molar-refractivity contribution in [3.8, 4) is 0 Å². The zero-order valence-corrected chi connectivity index (χ0v) is 9.86. The van der Waals surface area contributed by atoms with Gasteiger partial charge in [-0.1, -0.05) is 19.3 Å². The number of hydrogen-bond acceptors (Lipinski definition) is 1. The molecule has 0 spiro atoms. The van der Waals surface area contributed by atoms with Crippen LogP contribution in [0.3, 0.4) is 0 Å². The van der Waals surface area contributed by atoms with Crippen LogP contribution < -0.4 is 0 Å². The zero-order valence-electron chi connectivity index (χ0n) is 5.97. The smallest absolute Gasteiger partial charge is 0.306 e. The summed E-state index contributed by atoms with van der Waals surface area (Å²) < 4.78 is 0. The molecule has 0 aromatic rings. The first kappa shape index (κ1) is 10.4. The Labute approximate surface area is 81.2 Å². The van der Waals surface area contributed by atoms with E-state index in [0.717, 1.165) is 25.7 Å². The fraction of sp³-hybridized carbons (Fsp3) is 0.857. The van der Waals surface area contributed by atoms with Crippen molar-refractivity contribution in [3.05, 3.63) is 0 Å². The first-order chi connectivity index (χ1) is 4.30. The van der Waals surface area contributed by atoms with E-state index < -0.39 is 5.97 Å². The number of carboxylic acids is 1. The van der Waals surface area contributed by atoms with Gasteiger partial charge in [-0.05, 0) is 12.8 Å². The van der Waals surface area contributed by atoms with Gasteiger partial charge in [0.1, 0.15) is 0 Å². The van der Waals surface area contributed by atoms with Crippen LogP contribution in [-0.4, -0.2) is 38.4 Å². The SMILES string of the molecule is O=C(O)C1CCCCC1.[Pb]. The van der Waals surface area contributed by atoms with E-state index in [1.165, 1.54) is 6.42 Å². The maximum atomic E-state index is 10.4. The van der Waals surface area contributed by atoms with Crippen LogP contribution in [0.4, 0.5) is 0 Å². The van der Waals surface area contributed by atoms with E-state index in [1.807, 2.05) is 0 Å². The average molecular weight is 335 g/mol. The molecule has 1 N–H and O–H groups in total. The molecule has 0 aromatic heterocycles. The van der Waals surface area contributed by atoms with E-state index in [-0.39, 0.29) is 33.2 Å². The van der Waals surface area contributed by atoms with Gasteiger partial charge < -0.3 is 5.11 Å². The minimum Gasteiger partial charge on any atom is -0.481 e. The number of aliphatic carboxylic acids is 1. The molecular weight excluding hydrogens is 323 g/mol. The fourth-order valence-corrected chi connectivity index (χ4v) is 1.35. The third-order valence-electron chi connectivity index (χ3n) is 1.95. The molecule has 10 heavy (non-hydrogen) atoms. The molecule has 0 aromatic carbocycles. The normalized spacial score (nSPS) is 19.6. The van der Waals surface area contributed by atoms with Crippen LogP contribution in [0, 0.1) is 5.92 Å². The van der Waals surface area contributed by atoms with Gasteiger partial charge in [0.25, 0.3) is 0 Å². The van der Waals surface area contributed by atoms with Gasteiger partial charge in [-0.2, -0.15) is 0 Å². The molecule has 3 heteroatoms. The Balaban J connectivity index is 0.000000810. The van der Waals surface area contributed by atoms with E-state index in [4.69, 9.17) is 5.11 Å². The molecule has 0 amide bonds. The summed E-state index contributed by atoms with van der Waals surface area (Å²) in [5.41, 5.74) is 0. The molecule has 2 nitrogen and oxygen atoms in total. The third-order valence-corrected chi connectivity index (χ3v) is 1.95. The van der Waals surface area contributed by atoms with Gasteiger partial charge in [0.05, 0.1) is 5.92 Å². The first-order valence-electron chi connectivity index (χ1n) is 3.53. The molecular formula is C7H12O2Pb. The molecule has 0 unspecified atom stereocenters. The van der Waals surface area contributed by atoms with Crippen LogP contribution in [0.15, 0.2) is 0 Å². The van der Waals surface area contributed by atoms with Gasteiger partial charge in [-0.3, -0.25) is 4.79 Å². The van der Waals surface area contributed by atoms with Crippen LogP contribution in [0.1, 0.15) is 32.1 Å². The molecule has 1 rings (SSSR count). The van der Waals surface area contributed by atoms with E-state index in [1.54, 1.807) is 0 Å². The van der Waals surface area contributed by atoms with Crippen LogP contribution in [0.25, 0.3) is 0 Å². The van der Waals surface area contributed by atoms with Crippen molar-refractivity contribution in [2.45, 2.75) is 32.1 Å². The summed E-state index contributed by atoms with van der Waals surface area (Å²) in [5.74, 6) is -0.631. The molecule has 1 saturated carbocycles. The summed E-state index contributed by atoms with van der Waals surface area (Å²) in [6, 6.07) is 0. The van der Waals surface area contributed by atoms with Crippen LogP contribution in [0.2, 0.25) is 0 Å². The van der Waals surface area contributed by atoms with E-state index in [2.05, 4.69) is 0 Å². The van der Waals surface area contributed by atoms with Crippen molar-refractivity contribution in [1.29, 1.82) is 0 Å². The molecule has 56 valence electrons. The van der Waals surface area contributed by atoms with Crippen molar-refractivity contribution in [2.24, 2.45) is 5.92 Å². The second kappa shape index (κ2) is 5.10. The van der Waals surface area contributed by atoms with Crippen LogP contribution in [-0.2, 0) is 4.79 Å². The molecule has 0 heterocycles. The minimum absolute atomic E-state index is 0. The molecule has 0 atom stereocenters. The molecule has 0 aliphatic heterocycles. The molecule has 0 saturated heterocycles. The summed E-state index contributed by atoms with van der Waals surface area (Å²) >= 11 is 0. The maximum Gasteiger partial charge on any atom is 0.306 e. The van der Waals surface area contributed by atoms with Gasteiger partial charge in [-0.15, -0.1) is 0 Å². The van der Waals surface area contributed by atoms with Crippen LogP contribution in [0.5, 0.6) is 0 Å². The van der Waals surface area contributed by atoms with Gasteiger partial charge >= 0.3 is 5.97 Å². The number of carbonyl (C=O) groups is 1. The quantitative estimate of drug-likeness (QED) is 0.733. The van der Waals surface area contributed by atoms with Crippen molar-refractivity contribution in [3.63, 3.8) is 0 Å². The maximum absolute atomic E-state index is 10.4. The summed E-state index contributed by atoms with van der Waals surface area (Å²) in [5, 5.41) is 8.54. The minimum atomic E-state index is -0.602. The Bertz CT molecular complexity index is 108. The summed E-state index contributed by atoms with van der Waals surface area (Å²) in [6.07, 6.45) is 5.24. The Morgan fingerprint density at radius 2 is 1.70 bits per heavy atom. The third kappa shape index (κ3) is 2.99. The molecule has 0 bridgehead atoms. The average Bonchev–Trinajstić information content (AvgIpc) is 1.90. The Morgan fingerprint density at radius 3 is 2.00 bits per heavy atom. The summed E-state index contributed by atoms with van der Waals surface area (Å²) in [7, 11) is 0. The summed E-state index contributed by atoms with van der Waals surface area (Å²) in [4.78, 5) is 10.4. The zero-order chi connectivity index (χ0) is 6.69. The topological polar surface area (TPSA) is 37.3 Å². The molecule has 4 radical (unpaired) electrons. The van der Waals surface area contributed by atoms with Gasteiger partial charge in [0, 0.05) is 27.3 Å². The van der Waals surface area contributed by atoms with Crippen molar-refractivity contribution >= 4 is 33.3 Å². The van der Waals surface area contributed by atoms with Crippen molar-refractivity contribution < 1.29 is 9.90 Å². The molecule has 1 aliphatic rings. The monoisotopic (exact) mass is 336 g/mol. The van der Waals surface area contributed by atoms with Gasteiger partial charge in [-0.25, -0.2) is 0 Å². The van der Waals surface area contributed by atoms with E-state index >= 15 is 0 Å². The number of rotatable bonds is 1. The predicted octanol–water partition coefficient (Wildman–Crippen LogP) is 1.27. The number of hydrogen-bond donors (Lipinski definition) is 1. The largest absolute Gasteiger partial charge is 0.481 e. The number of carboxylic acid groups (broad SMARTS) is 1. The Kier molecular flexibility index (Phi) is 5.30. The van der Waals surface area contributed by atoms with E-state index in [9.17, 15) is 4.79 Å². The van der Waals surface area contributed by atoms with Crippen molar-refractivity contribution in [2.75, 3.05) is 0 Å². The van der Waals surface area contributed by atoms with Crippen LogP contribution >= 0.6 is 0 Å². The summed E-state index contributed by atoms with van der Waals surface area (Å²) in [6.45, 7) is 0. The molecule has 1 fully saturated rings. The van der Waals surface area contributed by atoms with Gasteiger partial charge in [0.2, 0.25) is 0 Å². The second-order valence-electron chi connectivity index (χ2n) is 2.67. The predicted molar refractivity (Wildman–Crippen MR) is 40.0 cm³/mol. The van der Waals surface area contributed by atoms with Gasteiger partial charge in [0.15, 0.2) is 0 Å². The Hall–Kier alpha value is 0.392. The Morgan fingerprint density at radius 1 is 1.20 bits per heavy atom. The fourth-order valence-electron chi connectivity index (χ4n) is 1.35. The van der Waals surface area contributed by atoms with Crippen molar-refractivity contribution in [1.82, 2.24) is 0 Å². The first-order valence-corrected chi connectivity index (χ1v) is 3.53. The standard InChI is InChI=1S/C7H12O2.Pb/c8-7(9)6-4-2-1-3-5-6;/h6H,1-5H2,(H,8,9);. The second-order valence-corrected chi connectivity index (χ2v) is 2.67. The molecule has 1 aliphatic carbocycles. The van der Waals surface area contributed by atoms with E-state index in [0.29, 0.717) is 0 Å².